The maximum absolute atomic E-state index is 12.8. The molecule has 2 rings (SSSR count). The van der Waals surface area contributed by atoms with E-state index < -0.39 is 5.60 Å². The maximum Gasteiger partial charge on any atom is 0.410 e. The van der Waals surface area contributed by atoms with Gasteiger partial charge in [0, 0.05) is 24.7 Å². The van der Waals surface area contributed by atoms with Gasteiger partial charge in [0.1, 0.15) is 5.60 Å². The molecule has 32 heavy (non-hydrogen) atoms. The molecule has 0 bridgehead atoms. The molecule has 0 spiro atoms. The van der Waals surface area contributed by atoms with Crippen LogP contribution in [-0.2, 0) is 9.53 Å². The van der Waals surface area contributed by atoms with Crippen molar-refractivity contribution in [3.05, 3.63) is 47.6 Å². The van der Waals surface area contributed by atoms with Crippen LogP contribution in [0.15, 0.2) is 47.6 Å². The quantitative estimate of drug-likeness (QED) is 0.440. The molecule has 178 valence electrons. The van der Waals surface area contributed by atoms with Gasteiger partial charge in [-0.3, -0.25) is 4.79 Å². The first-order chi connectivity index (χ1) is 15.2. The SMILES string of the molecule is CCCCCC(CCC)C1=C/C=C\C(C(=O)N[C@@H]2CCN(C(=O)OC(C)(C)C)C2)=C/C=C\1. The van der Waals surface area contributed by atoms with Crippen LogP contribution in [0.1, 0.15) is 79.6 Å². The van der Waals surface area contributed by atoms with E-state index in [2.05, 4.69) is 31.3 Å². The van der Waals surface area contributed by atoms with Crippen LogP contribution in [0.3, 0.4) is 0 Å². The van der Waals surface area contributed by atoms with Crippen LogP contribution in [-0.4, -0.2) is 41.6 Å². The third kappa shape index (κ3) is 8.68. The van der Waals surface area contributed by atoms with Gasteiger partial charge in [0.05, 0.1) is 0 Å². The summed E-state index contributed by atoms with van der Waals surface area (Å²) in [5.41, 5.74) is 1.46. The van der Waals surface area contributed by atoms with Crippen LogP contribution in [0.4, 0.5) is 4.79 Å². The molecule has 1 saturated heterocycles. The highest BCUT2D eigenvalue weighted by molar-refractivity contribution is 5.96. The van der Waals surface area contributed by atoms with E-state index >= 15 is 0 Å². The van der Waals surface area contributed by atoms with Crippen molar-refractivity contribution in [2.45, 2.75) is 91.2 Å². The van der Waals surface area contributed by atoms with Gasteiger partial charge in [-0.05, 0) is 63.7 Å². The number of likely N-dealkylation sites (tertiary alicyclic amines) is 1. The standard InChI is InChI=1S/C27H42N2O3/c1-6-8-9-13-21(12-7-2)22-14-10-16-23(17-11-15-22)25(30)28-24-18-19-29(20-24)26(31)32-27(3,4)5/h10-11,14-17,21,24H,6-9,12-13,18-20H2,1-5H3,(H,28,30)/b14-10-,15-11?,16-10?,17-11-,22-14?,22-15+,23-16+,23-17?/t21?,24-/m1/s1. The second kappa shape index (κ2) is 12.7. The summed E-state index contributed by atoms with van der Waals surface area (Å²) >= 11 is 0. The molecule has 1 heterocycles. The lowest BCUT2D eigenvalue weighted by Gasteiger charge is -2.24. The van der Waals surface area contributed by atoms with Gasteiger partial charge >= 0.3 is 6.09 Å². The molecule has 0 aromatic rings. The Kier molecular flexibility index (Phi) is 10.3. The molecule has 1 fully saturated rings. The molecule has 0 saturated carbocycles. The van der Waals surface area contributed by atoms with Crippen molar-refractivity contribution < 1.29 is 14.3 Å². The Morgan fingerprint density at radius 2 is 1.84 bits per heavy atom. The fraction of sp³-hybridized carbons (Fsp3) is 0.630. The van der Waals surface area contributed by atoms with Gasteiger partial charge in [0.2, 0.25) is 0 Å². The Morgan fingerprint density at radius 1 is 1.09 bits per heavy atom. The number of amides is 2. The summed E-state index contributed by atoms with van der Waals surface area (Å²) < 4.78 is 5.44. The lowest BCUT2D eigenvalue weighted by atomic mass is 9.88. The first kappa shape index (κ1) is 26.0. The average molecular weight is 443 g/mol. The zero-order valence-electron chi connectivity index (χ0n) is 20.7. The minimum absolute atomic E-state index is 0.0580. The Bertz CT molecular complexity index is 755. The van der Waals surface area contributed by atoms with Gasteiger partial charge in [-0.2, -0.15) is 0 Å². The van der Waals surface area contributed by atoms with Crippen LogP contribution in [0, 0.1) is 5.92 Å². The summed E-state index contributed by atoms with van der Waals surface area (Å²) in [5, 5.41) is 3.07. The van der Waals surface area contributed by atoms with Crippen molar-refractivity contribution in [2.75, 3.05) is 13.1 Å². The van der Waals surface area contributed by atoms with E-state index in [1.165, 1.54) is 44.1 Å². The van der Waals surface area contributed by atoms with Crippen molar-refractivity contribution >= 4 is 12.0 Å². The third-order valence-corrected chi connectivity index (χ3v) is 5.83. The predicted octanol–water partition coefficient (Wildman–Crippen LogP) is 6.09. The van der Waals surface area contributed by atoms with Crippen molar-refractivity contribution in [1.82, 2.24) is 10.2 Å². The molecule has 1 aliphatic carbocycles. The normalized spacial score (nSPS) is 24.9. The predicted molar refractivity (Wildman–Crippen MR) is 131 cm³/mol. The largest absolute Gasteiger partial charge is 0.444 e. The maximum atomic E-state index is 12.8. The van der Waals surface area contributed by atoms with Gasteiger partial charge in [-0.1, -0.05) is 63.8 Å². The van der Waals surface area contributed by atoms with E-state index in [1.807, 2.05) is 45.1 Å². The van der Waals surface area contributed by atoms with Crippen LogP contribution >= 0.6 is 0 Å². The minimum atomic E-state index is -0.516. The lowest BCUT2D eigenvalue weighted by Crippen LogP contribution is -2.40. The van der Waals surface area contributed by atoms with E-state index in [4.69, 9.17) is 4.74 Å². The number of nitrogens with zero attached hydrogens (tertiary/aromatic N) is 1. The van der Waals surface area contributed by atoms with E-state index in [-0.39, 0.29) is 18.0 Å². The third-order valence-electron chi connectivity index (χ3n) is 5.83. The van der Waals surface area contributed by atoms with Gasteiger partial charge in [-0.15, -0.1) is 0 Å². The van der Waals surface area contributed by atoms with Crippen molar-refractivity contribution in [3.63, 3.8) is 0 Å². The minimum Gasteiger partial charge on any atom is -0.444 e. The highest BCUT2D eigenvalue weighted by Crippen LogP contribution is 2.26. The average Bonchev–Trinajstić information content (AvgIpc) is 3.15. The van der Waals surface area contributed by atoms with Crippen LogP contribution in [0.2, 0.25) is 0 Å². The number of carbonyl (C=O) groups excluding carboxylic acids is 2. The summed E-state index contributed by atoms with van der Waals surface area (Å²) in [7, 11) is 0. The number of nitrogens with one attached hydrogen (secondary N) is 1. The topological polar surface area (TPSA) is 58.6 Å². The Labute approximate surface area is 194 Å². The van der Waals surface area contributed by atoms with Crippen molar-refractivity contribution in [2.24, 2.45) is 5.92 Å². The molecule has 0 aromatic heterocycles. The Morgan fingerprint density at radius 3 is 2.53 bits per heavy atom. The molecule has 1 N–H and O–H groups in total. The highest BCUT2D eigenvalue weighted by Gasteiger charge is 2.30. The van der Waals surface area contributed by atoms with E-state index in [9.17, 15) is 9.59 Å². The molecule has 2 aliphatic rings. The molecular weight excluding hydrogens is 400 g/mol. The number of hydrogen-bond acceptors (Lipinski definition) is 3. The Hall–Kier alpha value is -2.30. The van der Waals surface area contributed by atoms with E-state index in [1.54, 1.807) is 4.90 Å². The van der Waals surface area contributed by atoms with Crippen LogP contribution < -0.4 is 5.32 Å². The second-order valence-electron chi connectivity index (χ2n) is 9.87. The lowest BCUT2D eigenvalue weighted by molar-refractivity contribution is -0.117. The molecule has 2 amide bonds. The van der Waals surface area contributed by atoms with Crippen LogP contribution in [0.5, 0.6) is 0 Å². The summed E-state index contributed by atoms with van der Waals surface area (Å²) in [6, 6.07) is -0.0580. The van der Waals surface area contributed by atoms with E-state index in [0.717, 1.165) is 6.42 Å². The first-order valence-corrected chi connectivity index (χ1v) is 12.3. The number of ether oxygens (including phenoxy) is 1. The molecule has 5 nitrogen and oxygen atoms in total. The fourth-order valence-electron chi connectivity index (χ4n) is 4.17. The molecule has 1 unspecified atom stereocenters. The summed E-state index contributed by atoms with van der Waals surface area (Å²) in [6.45, 7) is 11.1. The second-order valence-corrected chi connectivity index (χ2v) is 9.87. The number of carbonyl (C=O) groups is 2. The molecule has 2 atom stereocenters. The number of allylic oxidation sites excluding steroid dienone is 6. The summed E-state index contributed by atoms with van der Waals surface area (Å²) in [5.74, 6) is 0.473. The number of unbranched alkanes of at least 4 members (excludes halogenated alkanes) is 2. The molecule has 1 aliphatic heterocycles. The zero-order chi connectivity index (χ0) is 23.6. The van der Waals surface area contributed by atoms with E-state index in [0.29, 0.717) is 24.6 Å². The molecule has 5 heteroatoms. The smallest absolute Gasteiger partial charge is 0.410 e. The van der Waals surface area contributed by atoms with Crippen molar-refractivity contribution in [3.8, 4) is 0 Å². The Balaban J connectivity index is 1.91. The molecule has 0 radical (unpaired) electrons. The van der Waals surface area contributed by atoms with Gasteiger partial charge in [0.25, 0.3) is 5.91 Å². The number of hydrogen-bond donors (Lipinski definition) is 1. The molecular formula is C27H42N2O3. The highest BCUT2D eigenvalue weighted by atomic mass is 16.6. The fourth-order valence-corrected chi connectivity index (χ4v) is 4.17. The number of rotatable bonds is 9. The van der Waals surface area contributed by atoms with Crippen molar-refractivity contribution in [1.29, 1.82) is 0 Å². The monoisotopic (exact) mass is 442 g/mol. The van der Waals surface area contributed by atoms with Gasteiger partial charge in [-0.25, -0.2) is 4.79 Å². The van der Waals surface area contributed by atoms with Gasteiger partial charge in [0.15, 0.2) is 0 Å². The van der Waals surface area contributed by atoms with Crippen LogP contribution in [0.25, 0.3) is 0 Å². The first-order valence-electron chi connectivity index (χ1n) is 12.3. The zero-order valence-corrected chi connectivity index (χ0v) is 20.7. The van der Waals surface area contributed by atoms with Gasteiger partial charge < -0.3 is 15.0 Å². The summed E-state index contributed by atoms with van der Waals surface area (Å²) in [4.78, 5) is 26.7. The summed E-state index contributed by atoms with van der Waals surface area (Å²) in [6.07, 6.45) is 19.9. The molecule has 0 aromatic carbocycles.